The average Bonchev–Trinajstić information content (AvgIpc) is 2.47. The molecule has 0 fully saturated rings. The summed E-state index contributed by atoms with van der Waals surface area (Å²) in [5, 5.41) is 0. The van der Waals surface area contributed by atoms with Crippen molar-refractivity contribution in [3.63, 3.8) is 0 Å². The van der Waals surface area contributed by atoms with Gasteiger partial charge in [-0.25, -0.2) is 0 Å². The second-order valence-corrected chi connectivity index (χ2v) is 7.87. The molecule has 1 unspecified atom stereocenters. The van der Waals surface area contributed by atoms with Gasteiger partial charge >= 0.3 is 0 Å². The van der Waals surface area contributed by atoms with Crippen molar-refractivity contribution in [1.82, 2.24) is 0 Å². The molecule has 0 saturated heterocycles. The molecule has 1 aliphatic carbocycles. The Kier molecular flexibility index (Phi) is 7.61. The molecule has 0 radical (unpaired) electrons. The summed E-state index contributed by atoms with van der Waals surface area (Å²) in [5.74, 6) is 1.63. The molecule has 1 aliphatic heterocycles. The number of thioether (sulfide) groups is 1. The molecular weight excluding hydrogens is 288 g/mol. The molecule has 0 aromatic heterocycles. The third-order valence-corrected chi connectivity index (χ3v) is 4.81. The number of hydrogen-bond donors (Lipinski definition) is 0. The summed E-state index contributed by atoms with van der Waals surface area (Å²) in [6.07, 6.45) is 8.13. The highest BCUT2D eigenvalue weighted by atomic mass is 32.2. The van der Waals surface area contributed by atoms with Crippen LogP contribution in [0.1, 0.15) is 60.8 Å². The Balaban J connectivity index is 0.000000541. The van der Waals surface area contributed by atoms with E-state index in [2.05, 4.69) is 58.7 Å². The molecule has 0 amide bonds. The fraction of sp³-hybridized carbons (Fsp3) is 0.684. The first-order valence-corrected chi connectivity index (χ1v) is 9.50. The van der Waals surface area contributed by atoms with E-state index >= 15 is 0 Å². The van der Waals surface area contributed by atoms with Gasteiger partial charge < -0.3 is 0 Å². The van der Waals surface area contributed by atoms with Crippen LogP contribution in [0.25, 0.3) is 0 Å². The number of allylic oxidation sites excluding steroid dienone is 4. The normalized spacial score (nSPS) is 24.6. The molecular formula is C19H32N2S. The molecule has 0 spiro atoms. The fourth-order valence-electron chi connectivity index (χ4n) is 2.71. The molecule has 0 N–H and O–H groups in total. The Labute approximate surface area is 141 Å². The number of nitrogens with zero attached hydrogens (tertiary/aromatic N) is 2. The highest BCUT2D eigenvalue weighted by Crippen LogP contribution is 2.38. The van der Waals surface area contributed by atoms with E-state index in [1.165, 1.54) is 29.0 Å². The minimum absolute atomic E-state index is 0.0559. The van der Waals surface area contributed by atoms with E-state index in [9.17, 15) is 0 Å². The number of rotatable bonds is 3. The molecule has 2 rings (SSSR count). The largest absolute Gasteiger partial charge is 0.289 e. The van der Waals surface area contributed by atoms with Gasteiger partial charge in [-0.15, -0.1) is 11.8 Å². The lowest BCUT2D eigenvalue weighted by Crippen LogP contribution is -2.33. The zero-order valence-electron chi connectivity index (χ0n) is 15.4. The number of unbranched alkanes of at least 4 members (excludes halogenated alkanes) is 1. The van der Waals surface area contributed by atoms with Crippen LogP contribution in [0, 0.1) is 5.92 Å². The maximum atomic E-state index is 4.96. The molecule has 0 aromatic rings. The predicted molar refractivity (Wildman–Crippen MR) is 104 cm³/mol. The Morgan fingerprint density at radius 3 is 2.36 bits per heavy atom. The smallest absolute Gasteiger partial charge is 0.0752 e. The molecule has 1 heterocycles. The molecule has 0 saturated carbocycles. The lowest BCUT2D eigenvalue weighted by Gasteiger charge is -2.35. The number of hydrogen-bond acceptors (Lipinski definition) is 3. The van der Waals surface area contributed by atoms with Crippen LogP contribution < -0.4 is 0 Å². The molecule has 3 heteroatoms. The SMILES string of the molecule is CCCC.CCSC1=CC(=NC)C=C2C1=NC(C)(C)CC2C. The topological polar surface area (TPSA) is 24.7 Å². The minimum Gasteiger partial charge on any atom is -0.289 e. The summed E-state index contributed by atoms with van der Waals surface area (Å²) in [7, 11) is 1.86. The summed E-state index contributed by atoms with van der Waals surface area (Å²) in [5.41, 5.74) is 3.71. The zero-order valence-corrected chi connectivity index (χ0v) is 16.2. The maximum absolute atomic E-state index is 4.96. The van der Waals surface area contributed by atoms with Crippen LogP contribution >= 0.6 is 11.8 Å². The molecule has 2 nitrogen and oxygen atoms in total. The standard InChI is InChI=1S/C15H22N2S.C4H10/c1-6-18-13-8-11(16-5)7-12-10(2)9-15(3,4)17-14(12)13;1-3-4-2/h7-8,10H,6,9H2,1-5H3;3-4H2,1-2H3. The van der Waals surface area contributed by atoms with Crippen molar-refractivity contribution in [3.05, 3.63) is 22.6 Å². The Bertz CT molecular complexity index is 494. The minimum atomic E-state index is 0.0559. The first-order valence-electron chi connectivity index (χ1n) is 8.51. The predicted octanol–water partition coefficient (Wildman–Crippen LogP) is 5.70. The van der Waals surface area contributed by atoms with Crippen molar-refractivity contribution in [2.75, 3.05) is 12.8 Å². The lowest BCUT2D eigenvalue weighted by atomic mass is 9.79. The molecule has 2 aliphatic rings. The van der Waals surface area contributed by atoms with E-state index in [0.29, 0.717) is 5.92 Å². The number of fused-ring (bicyclic) bond motifs is 1. The van der Waals surface area contributed by atoms with E-state index in [4.69, 9.17) is 4.99 Å². The summed E-state index contributed by atoms with van der Waals surface area (Å²) in [6.45, 7) is 13.3. The van der Waals surface area contributed by atoms with Crippen molar-refractivity contribution in [1.29, 1.82) is 0 Å². The van der Waals surface area contributed by atoms with Gasteiger partial charge in [0.1, 0.15) is 0 Å². The van der Waals surface area contributed by atoms with Crippen LogP contribution in [0.15, 0.2) is 32.6 Å². The van der Waals surface area contributed by atoms with Gasteiger partial charge in [0, 0.05) is 12.0 Å². The number of aliphatic imine (C=N–C) groups is 2. The molecule has 124 valence electrons. The highest BCUT2D eigenvalue weighted by molar-refractivity contribution is 8.04. The Hall–Kier alpha value is -0.830. The first kappa shape index (κ1) is 19.2. The zero-order chi connectivity index (χ0) is 16.8. The Morgan fingerprint density at radius 2 is 1.86 bits per heavy atom. The van der Waals surface area contributed by atoms with Gasteiger partial charge in [0.2, 0.25) is 0 Å². The van der Waals surface area contributed by atoms with E-state index in [0.717, 1.165) is 17.9 Å². The first-order chi connectivity index (χ1) is 10.4. The highest BCUT2D eigenvalue weighted by Gasteiger charge is 2.33. The van der Waals surface area contributed by atoms with Gasteiger partial charge in [-0.2, -0.15) is 0 Å². The van der Waals surface area contributed by atoms with Crippen LogP contribution in [0.2, 0.25) is 0 Å². The van der Waals surface area contributed by atoms with Crippen LogP contribution in [-0.4, -0.2) is 29.8 Å². The van der Waals surface area contributed by atoms with E-state index in [1.807, 2.05) is 18.8 Å². The van der Waals surface area contributed by atoms with Gasteiger partial charge in [-0.3, -0.25) is 9.98 Å². The average molecular weight is 321 g/mol. The summed E-state index contributed by atoms with van der Waals surface area (Å²) in [6, 6.07) is 0. The van der Waals surface area contributed by atoms with Crippen LogP contribution in [0.4, 0.5) is 0 Å². The molecule has 0 aromatic carbocycles. The lowest BCUT2D eigenvalue weighted by molar-refractivity contribution is 0.406. The van der Waals surface area contributed by atoms with Gasteiger partial charge in [-0.05, 0) is 49.7 Å². The van der Waals surface area contributed by atoms with E-state index < -0.39 is 0 Å². The third kappa shape index (κ3) is 5.12. The Morgan fingerprint density at radius 1 is 1.23 bits per heavy atom. The molecule has 0 bridgehead atoms. The van der Waals surface area contributed by atoms with Crippen LogP contribution in [-0.2, 0) is 0 Å². The summed E-state index contributed by atoms with van der Waals surface area (Å²) in [4.78, 5) is 10.6. The molecule has 1 atom stereocenters. The summed E-state index contributed by atoms with van der Waals surface area (Å²) < 4.78 is 0. The van der Waals surface area contributed by atoms with Crippen molar-refractivity contribution < 1.29 is 0 Å². The van der Waals surface area contributed by atoms with Crippen molar-refractivity contribution in [2.24, 2.45) is 15.9 Å². The van der Waals surface area contributed by atoms with Gasteiger partial charge in [-0.1, -0.05) is 40.5 Å². The van der Waals surface area contributed by atoms with Crippen molar-refractivity contribution in [2.45, 2.75) is 66.3 Å². The second-order valence-electron chi connectivity index (χ2n) is 6.57. The van der Waals surface area contributed by atoms with Crippen LogP contribution in [0.3, 0.4) is 0 Å². The van der Waals surface area contributed by atoms with Crippen LogP contribution in [0.5, 0.6) is 0 Å². The monoisotopic (exact) mass is 320 g/mol. The van der Waals surface area contributed by atoms with E-state index in [-0.39, 0.29) is 5.54 Å². The fourth-order valence-corrected chi connectivity index (χ4v) is 3.53. The van der Waals surface area contributed by atoms with Gasteiger partial charge in [0.15, 0.2) is 0 Å². The maximum Gasteiger partial charge on any atom is 0.0752 e. The van der Waals surface area contributed by atoms with Gasteiger partial charge in [0.25, 0.3) is 0 Å². The van der Waals surface area contributed by atoms with Gasteiger partial charge in [0.05, 0.1) is 17.0 Å². The quantitative estimate of drug-likeness (QED) is 0.612. The third-order valence-electron chi connectivity index (χ3n) is 3.90. The summed E-state index contributed by atoms with van der Waals surface area (Å²) >= 11 is 1.87. The van der Waals surface area contributed by atoms with E-state index in [1.54, 1.807) is 0 Å². The molecule has 22 heavy (non-hydrogen) atoms. The van der Waals surface area contributed by atoms with Crippen molar-refractivity contribution >= 4 is 23.2 Å². The second kappa shape index (κ2) is 8.71. The van der Waals surface area contributed by atoms with Crippen molar-refractivity contribution in [3.8, 4) is 0 Å².